The van der Waals surface area contributed by atoms with Crippen molar-refractivity contribution >= 4 is 17.5 Å². The molecule has 0 saturated heterocycles. The van der Waals surface area contributed by atoms with E-state index in [9.17, 15) is 14.0 Å². The van der Waals surface area contributed by atoms with Crippen LogP contribution in [0.2, 0.25) is 0 Å². The van der Waals surface area contributed by atoms with Crippen LogP contribution in [-0.2, 0) is 9.59 Å². The maximum absolute atomic E-state index is 12.6. The Morgan fingerprint density at radius 2 is 2.00 bits per heavy atom. The topological polar surface area (TPSA) is 72.2 Å². The number of hydrogen-bond donors (Lipinski definition) is 2. The molecule has 1 aromatic rings. The van der Waals surface area contributed by atoms with Gasteiger partial charge in [-0.1, -0.05) is 6.92 Å². The fraction of sp³-hybridized carbons (Fsp3) is 0.250. The molecule has 0 aliphatic rings. The van der Waals surface area contributed by atoms with E-state index in [1.165, 1.54) is 30.7 Å². The first-order chi connectivity index (χ1) is 7.99. The normalized spacial score (nSPS) is 11.9. The number of benzene rings is 1. The summed E-state index contributed by atoms with van der Waals surface area (Å²) >= 11 is 0. The van der Waals surface area contributed by atoms with Gasteiger partial charge in [-0.25, -0.2) is 4.39 Å². The van der Waals surface area contributed by atoms with Crippen molar-refractivity contribution in [3.05, 3.63) is 36.5 Å². The SMILES string of the molecule is C[C@@H](C[CH]C(=O)Nc1ccc(F)cc1)C(N)=O. The Labute approximate surface area is 99.0 Å². The largest absolute Gasteiger partial charge is 0.369 e. The van der Waals surface area contributed by atoms with Gasteiger partial charge in [-0.2, -0.15) is 0 Å². The lowest BCUT2D eigenvalue weighted by molar-refractivity contribution is -0.121. The van der Waals surface area contributed by atoms with Crippen LogP contribution in [0.5, 0.6) is 0 Å². The Morgan fingerprint density at radius 3 is 2.53 bits per heavy atom. The lowest BCUT2D eigenvalue weighted by Gasteiger charge is -2.07. The van der Waals surface area contributed by atoms with E-state index in [0.29, 0.717) is 5.69 Å². The number of halogens is 1. The van der Waals surface area contributed by atoms with Crippen molar-refractivity contribution in [3.63, 3.8) is 0 Å². The Kier molecular flexibility index (Phi) is 4.63. The number of nitrogens with one attached hydrogen (secondary N) is 1. The molecule has 0 aliphatic carbocycles. The van der Waals surface area contributed by atoms with Gasteiger partial charge in [-0.3, -0.25) is 9.59 Å². The van der Waals surface area contributed by atoms with Crippen molar-refractivity contribution in [2.45, 2.75) is 13.3 Å². The predicted octanol–water partition coefficient (Wildman–Crippen LogP) is 1.48. The highest BCUT2D eigenvalue weighted by molar-refractivity contribution is 5.97. The summed E-state index contributed by atoms with van der Waals surface area (Å²) in [6.07, 6.45) is 1.63. The van der Waals surface area contributed by atoms with Crippen molar-refractivity contribution in [1.82, 2.24) is 0 Å². The molecule has 0 saturated carbocycles. The van der Waals surface area contributed by atoms with Crippen molar-refractivity contribution < 1.29 is 14.0 Å². The number of amides is 2. The summed E-state index contributed by atoms with van der Waals surface area (Å²) in [7, 11) is 0. The zero-order valence-corrected chi connectivity index (χ0v) is 9.44. The molecule has 1 atom stereocenters. The average Bonchev–Trinajstić information content (AvgIpc) is 2.29. The van der Waals surface area contributed by atoms with Crippen LogP contribution in [0, 0.1) is 18.2 Å². The van der Waals surface area contributed by atoms with Gasteiger partial charge in [0.15, 0.2) is 0 Å². The summed E-state index contributed by atoms with van der Waals surface area (Å²) in [5.41, 5.74) is 5.56. The number of carbonyl (C=O) groups excluding carboxylic acids is 2. The van der Waals surface area contributed by atoms with Crippen molar-refractivity contribution in [2.24, 2.45) is 11.7 Å². The van der Waals surface area contributed by atoms with E-state index >= 15 is 0 Å². The molecule has 1 rings (SSSR count). The quantitative estimate of drug-likeness (QED) is 0.814. The number of rotatable bonds is 5. The van der Waals surface area contributed by atoms with E-state index in [1.54, 1.807) is 6.92 Å². The molecule has 2 amide bonds. The number of primary amides is 1. The van der Waals surface area contributed by atoms with Crippen LogP contribution in [0.3, 0.4) is 0 Å². The molecule has 17 heavy (non-hydrogen) atoms. The van der Waals surface area contributed by atoms with E-state index in [1.807, 2.05) is 0 Å². The van der Waals surface area contributed by atoms with Gasteiger partial charge in [0, 0.05) is 11.6 Å². The van der Waals surface area contributed by atoms with Crippen LogP contribution >= 0.6 is 0 Å². The minimum Gasteiger partial charge on any atom is -0.369 e. The van der Waals surface area contributed by atoms with Crippen molar-refractivity contribution in [1.29, 1.82) is 0 Å². The summed E-state index contributed by atoms with van der Waals surface area (Å²) in [6, 6.07) is 5.42. The van der Waals surface area contributed by atoms with E-state index < -0.39 is 5.91 Å². The van der Waals surface area contributed by atoms with Gasteiger partial charge in [0.05, 0.1) is 6.42 Å². The highest BCUT2D eigenvalue weighted by Gasteiger charge is 2.11. The third-order valence-corrected chi connectivity index (χ3v) is 2.25. The lowest BCUT2D eigenvalue weighted by atomic mass is 10.1. The number of carbonyl (C=O) groups is 2. The summed E-state index contributed by atoms with van der Waals surface area (Å²) in [5, 5.41) is 2.55. The number of nitrogens with two attached hydrogens (primary N) is 1. The smallest absolute Gasteiger partial charge is 0.228 e. The summed E-state index contributed by atoms with van der Waals surface area (Å²) in [6.45, 7) is 1.64. The van der Waals surface area contributed by atoms with Gasteiger partial charge >= 0.3 is 0 Å². The first-order valence-electron chi connectivity index (χ1n) is 5.18. The van der Waals surface area contributed by atoms with Crippen LogP contribution in [0.15, 0.2) is 24.3 Å². The van der Waals surface area contributed by atoms with Crippen LogP contribution in [-0.4, -0.2) is 11.8 Å². The fourth-order valence-electron chi connectivity index (χ4n) is 1.13. The van der Waals surface area contributed by atoms with Gasteiger partial charge < -0.3 is 11.1 Å². The van der Waals surface area contributed by atoms with Gasteiger partial charge in [-0.15, -0.1) is 0 Å². The molecule has 0 bridgehead atoms. The molecule has 4 nitrogen and oxygen atoms in total. The predicted molar refractivity (Wildman–Crippen MR) is 62.3 cm³/mol. The third kappa shape index (κ3) is 4.63. The molecule has 91 valence electrons. The molecule has 0 aliphatic heterocycles. The summed E-state index contributed by atoms with van der Waals surface area (Å²) in [4.78, 5) is 22.1. The molecule has 0 unspecified atom stereocenters. The molecular formula is C12H14FN2O2. The zero-order chi connectivity index (χ0) is 12.8. The Bertz CT molecular complexity index is 403. The minimum absolute atomic E-state index is 0.280. The van der Waals surface area contributed by atoms with E-state index in [2.05, 4.69) is 5.32 Å². The molecule has 0 aromatic heterocycles. The van der Waals surface area contributed by atoms with Gasteiger partial charge in [-0.05, 0) is 30.7 Å². The van der Waals surface area contributed by atoms with Crippen LogP contribution in [0.4, 0.5) is 10.1 Å². The van der Waals surface area contributed by atoms with Crippen LogP contribution in [0.25, 0.3) is 0 Å². The molecule has 0 spiro atoms. The monoisotopic (exact) mass is 237 g/mol. The maximum Gasteiger partial charge on any atom is 0.228 e. The Balaban J connectivity index is 2.39. The van der Waals surface area contributed by atoms with Gasteiger partial charge in [0.2, 0.25) is 11.8 Å². The Hall–Kier alpha value is -1.91. The molecule has 0 heterocycles. The molecule has 1 aromatic carbocycles. The molecule has 1 radical (unpaired) electrons. The average molecular weight is 237 g/mol. The molecule has 0 fully saturated rings. The second kappa shape index (κ2) is 5.98. The lowest BCUT2D eigenvalue weighted by Crippen LogP contribution is -2.22. The third-order valence-electron chi connectivity index (χ3n) is 2.25. The summed E-state index contributed by atoms with van der Waals surface area (Å²) < 4.78 is 12.6. The van der Waals surface area contributed by atoms with Crippen molar-refractivity contribution in [2.75, 3.05) is 5.32 Å². The summed E-state index contributed by atoms with van der Waals surface area (Å²) in [5.74, 6) is -1.54. The second-order valence-electron chi connectivity index (χ2n) is 3.74. The van der Waals surface area contributed by atoms with Crippen LogP contribution in [0.1, 0.15) is 13.3 Å². The molecular weight excluding hydrogens is 223 g/mol. The standard InChI is InChI=1S/C12H14FN2O2/c1-8(12(14)17)2-7-11(16)15-10-5-3-9(13)4-6-10/h3-8H,2H2,1H3,(H2,14,17)(H,15,16)/t8-/m0/s1. The molecule has 3 N–H and O–H groups in total. The maximum atomic E-state index is 12.6. The van der Waals surface area contributed by atoms with Crippen molar-refractivity contribution in [3.8, 4) is 0 Å². The Morgan fingerprint density at radius 1 is 1.41 bits per heavy atom. The number of hydrogen-bond acceptors (Lipinski definition) is 2. The van der Waals surface area contributed by atoms with E-state index in [0.717, 1.165) is 0 Å². The zero-order valence-electron chi connectivity index (χ0n) is 9.44. The first kappa shape index (κ1) is 13.2. The number of anilines is 1. The van der Waals surface area contributed by atoms with Gasteiger partial charge in [0.1, 0.15) is 5.82 Å². The highest BCUT2D eigenvalue weighted by atomic mass is 19.1. The fourth-order valence-corrected chi connectivity index (χ4v) is 1.13. The highest BCUT2D eigenvalue weighted by Crippen LogP contribution is 2.10. The van der Waals surface area contributed by atoms with E-state index in [-0.39, 0.29) is 24.1 Å². The molecule has 5 heteroatoms. The van der Waals surface area contributed by atoms with E-state index in [4.69, 9.17) is 5.73 Å². The second-order valence-corrected chi connectivity index (χ2v) is 3.74. The minimum atomic E-state index is -0.448. The van der Waals surface area contributed by atoms with Crippen LogP contribution < -0.4 is 11.1 Å². The first-order valence-corrected chi connectivity index (χ1v) is 5.18. The van der Waals surface area contributed by atoms with Gasteiger partial charge in [0.25, 0.3) is 0 Å².